The van der Waals surface area contributed by atoms with Crippen LogP contribution in [-0.2, 0) is 24.2 Å². The highest BCUT2D eigenvalue weighted by Crippen LogP contribution is 2.32. The lowest BCUT2D eigenvalue weighted by Gasteiger charge is -2.28. The van der Waals surface area contributed by atoms with E-state index in [9.17, 15) is 18.0 Å². The molecule has 0 aromatic heterocycles. The third-order valence-corrected chi connectivity index (χ3v) is 9.79. The van der Waals surface area contributed by atoms with Crippen molar-refractivity contribution in [1.29, 1.82) is 0 Å². The van der Waals surface area contributed by atoms with E-state index in [4.69, 9.17) is 18.9 Å². The van der Waals surface area contributed by atoms with Gasteiger partial charge in [-0.05, 0) is 92.3 Å². The highest BCUT2D eigenvalue weighted by Gasteiger charge is 2.30. The van der Waals surface area contributed by atoms with E-state index in [2.05, 4.69) is 0 Å². The van der Waals surface area contributed by atoms with Crippen LogP contribution in [0.1, 0.15) is 65.8 Å². The Morgan fingerprint density at radius 2 is 1.52 bits per heavy atom. The topological polar surface area (TPSA) is 112 Å². The van der Waals surface area contributed by atoms with Gasteiger partial charge in [-0.1, -0.05) is 13.8 Å². The maximum atomic E-state index is 14.3. The van der Waals surface area contributed by atoms with E-state index in [0.29, 0.717) is 55.6 Å². The van der Waals surface area contributed by atoms with E-state index >= 15 is 0 Å². The van der Waals surface area contributed by atoms with Crippen molar-refractivity contribution >= 4 is 27.6 Å². The minimum absolute atomic E-state index is 0.00162. The zero-order valence-electron chi connectivity index (χ0n) is 26.5. The zero-order chi connectivity index (χ0) is 31.9. The fourth-order valence-electron chi connectivity index (χ4n) is 5.37. The number of hydrogen-bond acceptors (Lipinski definition) is 8. The smallest absolute Gasteiger partial charge is 0.341 e. The summed E-state index contributed by atoms with van der Waals surface area (Å²) in [5, 5.41) is 0. The van der Waals surface area contributed by atoms with Gasteiger partial charge in [-0.25, -0.2) is 13.2 Å². The van der Waals surface area contributed by atoms with Gasteiger partial charge < -0.3 is 23.8 Å². The van der Waals surface area contributed by atoms with E-state index in [1.54, 1.807) is 45.3 Å². The van der Waals surface area contributed by atoms with Crippen molar-refractivity contribution in [2.24, 2.45) is 17.8 Å². The molecule has 0 unspecified atom stereocenters. The number of esters is 1. The minimum atomic E-state index is -4.12. The predicted octanol–water partition coefficient (Wildman–Crippen LogP) is 4.94. The summed E-state index contributed by atoms with van der Waals surface area (Å²) in [7, 11) is -0.781. The van der Waals surface area contributed by atoms with Gasteiger partial charge in [-0.2, -0.15) is 0 Å². The van der Waals surface area contributed by atoms with Crippen LogP contribution >= 0.6 is 0 Å². The third kappa shape index (κ3) is 8.51. The highest BCUT2D eigenvalue weighted by atomic mass is 32.2. The van der Waals surface area contributed by atoms with Gasteiger partial charge in [0.15, 0.2) is 0 Å². The van der Waals surface area contributed by atoms with Crippen LogP contribution in [0, 0.1) is 24.7 Å². The van der Waals surface area contributed by atoms with Gasteiger partial charge in [0.25, 0.3) is 15.9 Å². The molecule has 2 aliphatic rings. The SMILES string of the molecule is Cc1cc(C(=O)N(C)C)ccc1N(CC(C)C)S(=O)(=O)c1ccc(OCC2CCOCC2)c(C(=O)OCC2CCOCC2)c1. The lowest BCUT2D eigenvalue weighted by Crippen LogP contribution is -2.35. The van der Waals surface area contributed by atoms with Crippen molar-refractivity contribution in [3.05, 3.63) is 53.1 Å². The van der Waals surface area contributed by atoms with Crippen molar-refractivity contribution < 1.29 is 37.0 Å². The summed E-state index contributed by atoms with van der Waals surface area (Å²) in [4.78, 5) is 27.4. The average molecular weight is 631 g/mol. The number of benzene rings is 2. The molecule has 10 nitrogen and oxygen atoms in total. The van der Waals surface area contributed by atoms with E-state index in [1.165, 1.54) is 21.3 Å². The quantitative estimate of drug-likeness (QED) is 0.304. The molecule has 0 bridgehead atoms. The highest BCUT2D eigenvalue weighted by molar-refractivity contribution is 7.92. The molecule has 0 saturated carbocycles. The molecule has 2 heterocycles. The Morgan fingerprint density at radius 1 is 0.909 bits per heavy atom. The number of carbonyl (C=O) groups excluding carboxylic acids is 2. The van der Waals surface area contributed by atoms with E-state index in [1.807, 2.05) is 13.8 Å². The second kappa shape index (κ2) is 15.2. The summed E-state index contributed by atoms with van der Waals surface area (Å²) >= 11 is 0. The van der Waals surface area contributed by atoms with Crippen LogP contribution in [0.25, 0.3) is 0 Å². The molecule has 242 valence electrons. The Hall–Kier alpha value is -3.15. The molecular weight excluding hydrogens is 584 g/mol. The Labute approximate surface area is 261 Å². The molecule has 1 amide bonds. The summed E-state index contributed by atoms with van der Waals surface area (Å²) in [6, 6.07) is 9.41. The van der Waals surface area contributed by atoms with Gasteiger partial charge in [-0.15, -0.1) is 0 Å². The fourth-order valence-corrected chi connectivity index (χ4v) is 7.09. The van der Waals surface area contributed by atoms with Crippen LogP contribution in [0.5, 0.6) is 5.75 Å². The molecule has 44 heavy (non-hydrogen) atoms. The summed E-state index contributed by atoms with van der Waals surface area (Å²) in [6.07, 6.45) is 3.32. The summed E-state index contributed by atoms with van der Waals surface area (Å²) in [5.41, 5.74) is 1.67. The van der Waals surface area contributed by atoms with Crippen molar-refractivity contribution in [3.63, 3.8) is 0 Å². The zero-order valence-corrected chi connectivity index (χ0v) is 27.4. The number of rotatable bonds is 12. The van der Waals surface area contributed by atoms with Crippen molar-refractivity contribution in [1.82, 2.24) is 4.90 Å². The lowest BCUT2D eigenvalue weighted by molar-refractivity contribution is 0.0180. The van der Waals surface area contributed by atoms with Gasteiger partial charge in [0, 0.05) is 52.6 Å². The molecule has 4 rings (SSSR count). The maximum Gasteiger partial charge on any atom is 0.341 e. The second-order valence-electron chi connectivity index (χ2n) is 12.3. The molecule has 2 fully saturated rings. The summed E-state index contributed by atoms with van der Waals surface area (Å²) < 4.78 is 52.6. The first-order valence-corrected chi connectivity index (χ1v) is 16.9. The summed E-state index contributed by atoms with van der Waals surface area (Å²) in [5.74, 6) is -0.0150. The molecular formula is C33H46N2O8S. The first-order chi connectivity index (χ1) is 21.0. The number of anilines is 1. The van der Waals surface area contributed by atoms with Crippen LogP contribution in [0.4, 0.5) is 5.69 Å². The first kappa shape index (κ1) is 33.7. The third-order valence-electron chi connectivity index (χ3n) is 8.01. The van der Waals surface area contributed by atoms with Crippen LogP contribution in [0.2, 0.25) is 0 Å². The lowest BCUT2D eigenvalue weighted by atomic mass is 10.0. The number of aryl methyl sites for hydroxylation is 1. The Bertz CT molecular complexity index is 1400. The first-order valence-electron chi connectivity index (χ1n) is 15.4. The molecule has 2 aromatic rings. The van der Waals surface area contributed by atoms with Crippen molar-refractivity contribution in [3.8, 4) is 5.75 Å². The molecule has 2 aromatic carbocycles. The Morgan fingerprint density at radius 3 is 2.09 bits per heavy atom. The number of amides is 1. The van der Waals surface area contributed by atoms with Crippen LogP contribution < -0.4 is 9.04 Å². The van der Waals surface area contributed by atoms with E-state index < -0.39 is 16.0 Å². The van der Waals surface area contributed by atoms with E-state index in [0.717, 1.165) is 25.7 Å². The van der Waals surface area contributed by atoms with Crippen LogP contribution in [-0.4, -0.2) is 85.5 Å². The van der Waals surface area contributed by atoms with Gasteiger partial charge in [-0.3, -0.25) is 9.10 Å². The predicted molar refractivity (Wildman–Crippen MR) is 168 cm³/mol. The molecule has 11 heteroatoms. The van der Waals surface area contributed by atoms with Crippen LogP contribution in [0.15, 0.2) is 41.3 Å². The molecule has 0 radical (unpaired) electrons. The maximum absolute atomic E-state index is 14.3. The molecule has 0 atom stereocenters. The summed E-state index contributed by atoms with van der Waals surface area (Å²) in [6.45, 7) is 9.09. The van der Waals surface area contributed by atoms with Gasteiger partial charge in [0.1, 0.15) is 11.3 Å². The molecule has 2 aliphatic heterocycles. The van der Waals surface area contributed by atoms with Gasteiger partial charge in [0.2, 0.25) is 0 Å². The monoisotopic (exact) mass is 630 g/mol. The molecule has 2 saturated heterocycles. The normalized spacial score (nSPS) is 16.5. The average Bonchev–Trinajstić information content (AvgIpc) is 3.02. The molecule has 0 N–H and O–H groups in total. The van der Waals surface area contributed by atoms with Crippen molar-refractivity contribution in [2.45, 2.75) is 51.3 Å². The number of nitrogens with zero attached hydrogens (tertiary/aromatic N) is 2. The Kier molecular flexibility index (Phi) is 11.7. The van der Waals surface area contributed by atoms with Gasteiger partial charge >= 0.3 is 5.97 Å². The van der Waals surface area contributed by atoms with E-state index in [-0.39, 0.29) is 47.3 Å². The van der Waals surface area contributed by atoms with Crippen molar-refractivity contribution in [2.75, 3.05) is 64.6 Å². The number of sulfonamides is 1. The molecule has 0 spiro atoms. The standard InChI is InChI=1S/C33H46N2O8S/c1-23(2)20-35(30-8-6-27(18-24(30)3)32(36)34(4)5)44(38,39)28-7-9-31(42-21-25-10-14-40-15-11-25)29(19-28)33(37)43-22-26-12-16-41-17-13-26/h6-9,18-19,23,25-26H,10-17,20-22H2,1-5H3. The Balaban J connectivity index is 1.67. The number of hydrogen-bond donors (Lipinski definition) is 0. The number of ether oxygens (including phenoxy) is 4. The number of carbonyl (C=O) groups is 2. The molecule has 0 aliphatic carbocycles. The minimum Gasteiger partial charge on any atom is -0.492 e. The van der Waals surface area contributed by atoms with Gasteiger partial charge in [0.05, 0.1) is 23.8 Å². The largest absolute Gasteiger partial charge is 0.492 e. The van der Waals surface area contributed by atoms with Crippen LogP contribution in [0.3, 0.4) is 0 Å². The second-order valence-corrected chi connectivity index (χ2v) is 14.2. The fraction of sp³-hybridized carbons (Fsp3) is 0.576.